The summed E-state index contributed by atoms with van der Waals surface area (Å²) in [5.74, 6) is -0.550. The zero-order valence-electron chi connectivity index (χ0n) is 23.4. The summed E-state index contributed by atoms with van der Waals surface area (Å²) in [6, 6.07) is 32.8. The molecule has 1 aliphatic rings. The smallest absolute Gasteiger partial charge is 0.317 e. The van der Waals surface area contributed by atoms with Crippen LogP contribution in [0.1, 0.15) is 52.5 Å². The third-order valence-corrected chi connectivity index (χ3v) is 8.11. The zero-order chi connectivity index (χ0) is 30.2. The molecule has 0 radical (unpaired) electrons. The number of fused-ring (bicyclic) bond motifs is 1. The highest BCUT2D eigenvalue weighted by atomic mass is 32.2. The van der Waals surface area contributed by atoms with Gasteiger partial charge in [-0.1, -0.05) is 116 Å². The second-order valence-corrected chi connectivity index (χ2v) is 11.2. The highest BCUT2D eigenvalue weighted by Crippen LogP contribution is 2.33. The third-order valence-electron chi connectivity index (χ3n) is 6.97. The largest absolute Gasteiger partial charge is 0.362 e. The first-order valence-corrected chi connectivity index (χ1v) is 14.9. The minimum absolute atomic E-state index is 0.275. The summed E-state index contributed by atoms with van der Waals surface area (Å²) in [6.07, 6.45) is 2.00. The molecule has 0 unspecified atom stereocenters. The average molecular weight is 585 g/mol. The molecule has 5 rings (SSSR count). The van der Waals surface area contributed by atoms with Crippen molar-refractivity contribution < 1.29 is 27.3 Å². The van der Waals surface area contributed by atoms with E-state index in [9.17, 15) is 22.6 Å². The van der Waals surface area contributed by atoms with Gasteiger partial charge in [-0.25, -0.2) is 9.98 Å². The van der Waals surface area contributed by atoms with E-state index < -0.39 is 20.7 Å². The van der Waals surface area contributed by atoms with Crippen LogP contribution in [0.25, 0.3) is 0 Å². The Balaban J connectivity index is 0.000000196. The molecule has 0 amide bonds. The maximum Gasteiger partial charge on any atom is 0.317 e. The van der Waals surface area contributed by atoms with Crippen molar-refractivity contribution >= 4 is 21.7 Å². The van der Waals surface area contributed by atoms with E-state index in [0.29, 0.717) is 33.8 Å². The normalized spacial score (nSPS) is 13.5. The summed E-state index contributed by atoms with van der Waals surface area (Å²) in [6.45, 7) is 2.03. The fourth-order valence-electron chi connectivity index (χ4n) is 4.74. The van der Waals surface area contributed by atoms with Gasteiger partial charge in [-0.2, -0.15) is 8.42 Å². The lowest BCUT2D eigenvalue weighted by Gasteiger charge is -2.29. The number of methoxy groups -OCH3 is 1. The van der Waals surface area contributed by atoms with Crippen LogP contribution in [0.3, 0.4) is 0 Å². The Morgan fingerprint density at radius 1 is 0.738 bits per heavy atom. The molecule has 8 nitrogen and oxygen atoms in total. The fourth-order valence-corrected chi connectivity index (χ4v) is 5.60. The molecule has 9 heteroatoms. The highest BCUT2D eigenvalue weighted by Gasteiger charge is 2.47. The van der Waals surface area contributed by atoms with E-state index in [1.165, 1.54) is 7.11 Å². The second-order valence-electron chi connectivity index (χ2n) is 9.69. The number of benzene rings is 4. The monoisotopic (exact) mass is 584 g/mol. The summed E-state index contributed by atoms with van der Waals surface area (Å²) in [4.78, 5) is 32.4. The standard InChI is InChI=1S/C20H22O3.C13H10N2O3S/c1-3-4-15-20(23-2,18(21)16-11-7-5-8-12-16)19(22)17-13-9-6-10-14-17;16-19(17,18)13(10-6-2-1-3-7-10)14-11-8-4-5-9-12(11)15-13/h5-14H,3-4,15H2,1-2H3;1-9H,(H,16,17,18). The van der Waals surface area contributed by atoms with E-state index in [4.69, 9.17) is 4.74 Å². The minimum Gasteiger partial charge on any atom is -0.362 e. The Morgan fingerprint density at radius 3 is 1.52 bits per heavy atom. The number of carbonyl (C=O) groups is 2. The molecule has 216 valence electrons. The summed E-state index contributed by atoms with van der Waals surface area (Å²) in [5.41, 5.74) is -0.156. The Labute approximate surface area is 245 Å². The van der Waals surface area contributed by atoms with E-state index in [2.05, 4.69) is 9.98 Å². The summed E-state index contributed by atoms with van der Waals surface area (Å²) in [7, 11) is -3.08. The van der Waals surface area contributed by atoms with Crippen LogP contribution in [-0.2, 0) is 19.8 Å². The summed E-state index contributed by atoms with van der Waals surface area (Å²) < 4.78 is 38.7. The zero-order valence-corrected chi connectivity index (χ0v) is 24.2. The van der Waals surface area contributed by atoms with Crippen LogP contribution >= 0.6 is 0 Å². The van der Waals surface area contributed by atoms with E-state index in [-0.39, 0.29) is 11.6 Å². The summed E-state index contributed by atoms with van der Waals surface area (Å²) >= 11 is 0. The van der Waals surface area contributed by atoms with Gasteiger partial charge in [-0.3, -0.25) is 14.1 Å². The van der Waals surface area contributed by atoms with Crippen LogP contribution in [0.5, 0.6) is 0 Å². The highest BCUT2D eigenvalue weighted by molar-refractivity contribution is 7.86. The Kier molecular flexibility index (Phi) is 9.57. The van der Waals surface area contributed by atoms with E-state index in [1.54, 1.807) is 103 Å². The third kappa shape index (κ3) is 6.13. The number of para-hydroxylation sites is 2. The molecule has 0 saturated carbocycles. The summed E-state index contributed by atoms with van der Waals surface area (Å²) in [5, 5.41) is 0.896. The van der Waals surface area contributed by atoms with Gasteiger partial charge in [0.1, 0.15) is 0 Å². The van der Waals surface area contributed by atoms with Gasteiger partial charge >= 0.3 is 15.1 Å². The first-order valence-electron chi connectivity index (χ1n) is 13.5. The quantitative estimate of drug-likeness (QED) is 0.160. The minimum atomic E-state index is -4.52. The van der Waals surface area contributed by atoms with Crippen molar-refractivity contribution in [3.8, 4) is 0 Å². The van der Waals surface area contributed by atoms with Gasteiger partial charge in [0, 0.05) is 23.8 Å². The average Bonchev–Trinajstić information content (AvgIpc) is 3.45. The number of ether oxygens (including phenoxy) is 1. The maximum atomic E-state index is 13.1. The molecular weight excluding hydrogens is 552 g/mol. The van der Waals surface area contributed by atoms with Crippen LogP contribution < -0.4 is 10.7 Å². The van der Waals surface area contributed by atoms with Crippen molar-refractivity contribution in [3.05, 3.63) is 143 Å². The van der Waals surface area contributed by atoms with Crippen LogP contribution in [0.15, 0.2) is 125 Å². The number of nitrogens with zero attached hydrogens (tertiary/aromatic N) is 2. The number of Topliss-reactive ketones (excluding diaryl/α,β-unsaturated/α-hetero) is 2. The van der Waals surface area contributed by atoms with Crippen molar-refractivity contribution in [2.75, 3.05) is 7.11 Å². The van der Waals surface area contributed by atoms with E-state index >= 15 is 0 Å². The molecule has 1 heterocycles. The lowest BCUT2D eigenvalue weighted by Crippen LogP contribution is -2.48. The molecule has 4 aromatic carbocycles. The number of rotatable bonds is 10. The first kappa shape index (κ1) is 30.6. The van der Waals surface area contributed by atoms with Gasteiger partial charge in [0.25, 0.3) is 0 Å². The Hall–Kier alpha value is -4.31. The van der Waals surface area contributed by atoms with Gasteiger partial charge in [0.15, 0.2) is 5.60 Å². The van der Waals surface area contributed by atoms with Gasteiger partial charge in [0.05, 0.1) is 10.7 Å². The lowest BCUT2D eigenvalue weighted by molar-refractivity contribution is 0.00383. The van der Waals surface area contributed by atoms with Crippen molar-refractivity contribution in [2.24, 2.45) is 9.98 Å². The van der Waals surface area contributed by atoms with Gasteiger partial charge < -0.3 is 4.74 Å². The van der Waals surface area contributed by atoms with Crippen LogP contribution in [0.4, 0.5) is 0 Å². The Morgan fingerprint density at radius 2 is 1.14 bits per heavy atom. The number of ketones is 2. The molecule has 42 heavy (non-hydrogen) atoms. The van der Waals surface area contributed by atoms with Gasteiger partial charge in [-0.15, -0.1) is 0 Å². The molecule has 0 atom stereocenters. The molecule has 0 bridgehead atoms. The van der Waals surface area contributed by atoms with Crippen molar-refractivity contribution in [1.29, 1.82) is 0 Å². The van der Waals surface area contributed by atoms with Crippen LogP contribution in [-0.4, -0.2) is 37.2 Å². The molecule has 0 spiro atoms. The van der Waals surface area contributed by atoms with Gasteiger partial charge in [0.2, 0.25) is 11.6 Å². The number of hydrogen-bond acceptors (Lipinski definition) is 7. The Bertz CT molecular complexity index is 1670. The van der Waals surface area contributed by atoms with Crippen molar-refractivity contribution in [2.45, 2.75) is 36.8 Å². The lowest BCUT2D eigenvalue weighted by atomic mass is 9.81. The molecule has 1 N–H and O–H groups in total. The second kappa shape index (κ2) is 13.1. The number of carbonyl (C=O) groups excluding carboxylic acids is 2. The molecule has 1 aliphatic heterocycles. The van der Waals surface area contributed by atoms with Crippen LogP contribution in [0, 0.1) is 0 Å². The first-order chi connectivity index (χ1) is 20.2. The molecule has 0 aromatic heterocycles. The molecule has 0 fully saturated rings. The number of unbranched alkanes of at least 4 members (excludes halogenated alkanes) is 1. The van der Waals surface area contributed by atoms with E-state index in [0.717, 1.165) is 12.8 Å². The molecule has 0 saturated heterocycles. The van der Waals surface area contributed by atoms with Crippen LogP contribution in [0.2, 0.25) is 0 Å². The van der Waals surface area contributed by atoms with Crippen molar-refractivity contribution in [1.82, 2.24) is 0 Å². The maximum absolute atomic E-state index is 13.1. The van der Waals surface area contributed by atoms with E-state index in [1.807, 2.05) is 19.1 Å². The predicted octanol–water partition coefficient (Wildman–Crippen LogP) is 4.97. The molecular formula is C33H32N2O6S. The van der Waals surface area contributed by atoms with Crippen molar-refractivity contribution in [3.63, 3.8) is 0 Å². The number of hydrogen-bond donors (Lipinski definition) is 1. The van der Waals surface area contributed by atoms with Gasteiger partial charge in [-0.05, 0) is 25.0 Å². The molecule has 4 aromatic rings. The fraction of sp³-hybridized carbons (Fsp3) is 0.212. The SMILES string of the molecule is CCCCC(OC)(C(=O)c1ccccc1)C(=O)c1ccccc1.O=S(=O)(O)C1(c2ccccc2)N=c2ccccc2=N1. The molecule has 0 aliphatic carbocycles. The predicted molar refractivity (Wildman–Crippen MR) is 159 cm³/mol. The topological polar surface area (TPSA) is 122 Å².